The zero-order valence-electron chi connectivity index (χ0n) is 41.3. The molecule has 0 unspecified atom stereocenters. The Bertz CT molecular complexity index is 2580. The van der Waals surface area contributed by atoms with Gasteiger partial charge in [-0.25, -0.2) is 24.0 Å². The summed E-state index contributed by atoms with van der Waals surface area (Å²) in [4.78, 5) is 60.2. The second-order valence-electron chi connectivity index (χ2n) is 16.8. The van der Waals surface area contributed by atoms with Crippen LogP contribution >= 0.6 is 0 Å². The Hall–Kier alpha value is -7.67. The second kappa shape index (κ2) is 30.8. The third-order valence-electron chi connectivity index (χ3n) is 11.4. The van der Waals surface area contributed by atoms with Crippen molar-refractivity contribution < 1.29 is 61.9 Å². The molecule has 0 aliphatic rings. The van der Waals surface area contributed by atoms with Crippen LogP contribution in [-0.2, 0) is 35.0 Å². The van der Waals surface area contributed by atoms with Crippen molar-refractivity contribution in [2.75, 3.05) is 39.6 Å². The molecule has 0 amide bonds. The Balaban J connectivity index is 1.11. The highest BCUT2D eigenvalue weighted by atomic mass is 16.6. The summed E-state index contributed by atoms with van der Waals surface area (Å²) in [5.74, 6) is 0.275. The van der Waals surface area contributed by atoms with E-state index in [1.54, 1.807) is 42.5 Å². The van der Waals surface area contributed by atoms with E-state index in [2.05, 4.69) is 26.7 Å². The normalized spacial score (nSPS) is 10.7. The van der Waals surface area contributed by atoms with Crippen LogP contribution in [0.5, 0.6) is 28.7 Å². The monoisotopic (exact) mass is 982 g/mol. The lowest BCUT2D eigenvalue weighted by molar-refractivity contribution is -0.138. The molecule has 0 radical (unpaired) electrons. The van der Waals surface area contributed by atoms with Crippen LogP contribution < -0.4 is 23.7 Å². The van der Waals surface area contributed by atoms with Gasteiger partial charge in [-0.15, -0.1) is 0 Å². The molecule has 5 aromatic carbocycles. The van der Waals surface area contributed by atoms with Crippen molar-refractivity contribution in [3.63, 3.8) is 0 Å². The highest BCUT2D eigenvalue weighted by molar-refractivity contribution is 5.98. The van der Waals surface area contributed by atoms with Gasteiger partial charge >= 0.3 is 29.8 Å². The number of carbonyl (C=O) groups is 5. The summed E-state index contributed by atoms with van der Waals surface area (Å²) in [5, 5.41) is 1.89. The molecule has 0 saturated carbocycles. The Morgan fingerprint density at radius 3 is 1.36 bits per heavy atom. The van der Waals surface area contributed by atoms with Crippen molar-refractivity contribution in [3.8, 4) is 39.9 Å². The molecule has 0 saturated heterocycles. The molecule has 380 valence electrons. The van der Waals surface area contributed by atoms with Gasteiger partial charge in [0.15, 0.2) is 11.5 Å². The van der Waals surface area contributed by atoms with Crippen LogP contribution in [0, 0.1) is 0 Å². The van der Waals surface area contributed by atoms with Crippen molar-refractivity contribution in [1.82, 2.24) is 0 Å². The number of unbranched alkanes of at least 4 members (excludes halogenated alkanes) is 9. The lowest BCUT2D eigenvalue weighted by Crippen LogP contribution is -2.10. The minimum Gasteiger partial charge on any atom is -0.494 e. The van der Waals surface area contributed by atoms with E-state index in [1.807, 2.05) is 54.6 Å². The number of hydrogen-bond donors (Lipinski definition) is 0. The fourth-order valence-electron chi connectivity index (χ4n) is 7.46. The summed E-state index contributed by atoms with van der Waals surface area (Å²) >= 11 is 0. The van der Waals surface area contributed by atoms with Gasteiger partial charge in [0.1, 0.15) is 17.2 Å². The van der Waals surface area contributed by atoms with Gasteiger partial charge in [-0.2, -0.15) is 0 Å². The van der Waals surface area contributed by atoms with Crippen LogP contribution in [0.25, 0.3) is 21.9 Å². The molecule has 0 atom stereocenters. The summed E-state index contributed by atoms with van der Waals surface area (Å²) in [5.41, 5.74) is 3.53. The lowest BCUT2D eigenvalue weighted by atomic mass is 10.00. The van der Waals surface area contributed by atoms with Crippen LogP contribution in [0.3, 0.4) is 0 Å². The number of carbonyl (C=O) groups excluding carboxylic acids is 5. The molecule has 0 bridgehead atoms. The summed E-state index contributed by atoms with van der Waals surface area (Å²) in [7, 11) is 0. The zero-order chi connectivity index (χ0) is 51.3. The summed E-state index contributed by atoms with van der Waals surface area (Å²) < 4.78 is 45.0. The van der Waals surface area contributed by atoms with Crippen LogP contribution in [0.4, 0.5) is 0 Å². The van der Waals surface area contributed by atoms with Gasteiger partial charge < -0.3 is 37.9 Å². The van der Waals surface area contributed by atoms with Crippen LogP contribution in [0.2, 0.25) is 0 Å². The van der Waals surface area contributed by atoms with E-state index in [1.165, 1.54) is 6.08 Å². The molecule has 0 aliphatic heterocycles. The van der Waals surface area contributed by atoms with Gasteiger partial charge in [0.05, 0.1) is 50.8 Å². The predicted octanol–water partition coefficient (Wildman–Crippen LogP) is 12.5. The number of rotatable bonds is 33. The van der Waals surface area contributed by atoms with Gasteiger partial charge in [-0.05, 0) is 184 Å². The van der Waals surface area contributed by atoms with Gasteiger partial charge in [0.2, 0.25) is 0 Å². The second-order valence-corrected chi connectivity index (χ2v) is 16.8. The quantitative estimate of drug-likeness (QED) is 0.0129. The Morgan fingerprint density at radius 2 is 0.861 bits per heavy atom. The lowest BCUT2D eigenvalue weighted by Gasteiger charge is -2.15. The maximum absolute atomic E-state index is 13.3. The molecule has 13 heteroatoms. The number of esters is 5. The summed E-state index contributed by atoms with van der Waals surface area (Å²) in [6, 6.07) is 28.6. The van der Waals surface area contributed by atoms with Gasteiger partial charge in [-0.3, -0.25) is 0 Å². The number of aryl methyl sites for hydroxylation is 1. The van der Waals surface area contributed by atoms with Crippen molar-refractivity contribution in [3.05, 3.63) is 152 Å². The summed E-state index contributed by atoms with van der Waals surface area (Å²) in [6.45, 7) is 14.9. The molecule has 13 nitrogen and oxygen atoms in total. The molecule has 5 rings (SSSR count). The largest absolute Gasteiger partial charge is 0.494 e. The average Bonchev–Trinajstić information content (AvgIpc) is 3.40. The van der Waals surface area contributed by atoms with Crippen molar-refractivity contribution in [2.24, 2.45) is 0 Å². The van der Waals surface area contributed by atoms with E-state index in [0.29, 0.717) is 68.0 Å². The van der Waals surface area contributed by atoms with E-state index >= 15 is 0 Å². The van der Waals surface area contributed by atoms with E-state index < -0.39 is 29.8 Å². The maximum atomic E-state index is 13.3. The standard InChI is InChI=1S/C59H66O13/c1-5-43-39-51(65-33-15-9-12-18-36-68-55(60)6-2)40-47-25-26-48(41-52(43)47)59(64)72-50-30-28-49(29-31-50)71-58(63)45-23-21-44(22-24-45)46-27-32-53(66-34-16-10-13-19-37-69-56(61)7-3)54(42-46)67-35-17-11-14-20-38-70-57(62)8-4/h6-8,21-32,39-42H,2-5,9-20,33-38H2,1H3. The third-order valence-corrected chi connectivity index (χ3v) is 11.4. The molecule has 0 aromatic heterocycles. The van der Waals surface area contributed by atoms with Gasteiger partial charge in [-0.1, -0.05) is 50.9 Å². The molecule has 0 heterocycles. The first-order chi connectivity index (χ1) is 35.1. The van der Waals surface area contributed by atoms with Crippen molar-refractivity contribution in [2.45, 2.75) is 90.4 Å². The number of hydrogen-bond acceptors (Lipinski definition) is 13. The van der Waals surface area contributed by atoms with E-state index in [-0.39, 0.29) is 5.75 Å². The maximum Gasteiger partial charge on any atom is 0.343 e. The Morgan fingerprint density at radius 1 is 0.417 bits per heavy atom. The third kappa shape index (κ3) is 18.9. The predicted molar refractivity (Wildman–Crippen MR) is 277 cm³/mol. The highest BCUT2D eigenvalue weighted by Crippen LogP contribution is 2.34. The minimum atomic E-state index is -0.548. The Labute approximate surface area is 422 Å². The molecule has 0 spiro atoms. The highest BCUT2D eigenvalue weighted by Gasteiger charge is 2.15. The topological polar surface area (TPSA) is 159 Å². The molecule has 72 heavy (non-hydrogen) atoms. The SMILES string of the molecule is C=CC(=O)OCCCCCCOc1cc(CC)c2cc(C(=O)Oc3ccc(OC(=O)c4ccc(-c5ccc(OCCCCCCOC(=O)C=C)c(OCCCCCCOC(=O)C=C)c5)cc4)cc3)ccc2c1. The van der Waals surface area contributed by atoms with E-state index in [4.69, 9.17) is 37.9 Å². The van der Waals surface area contributed by atoms with Crippen molar-refractivity contribution >= 4 is 40.6 Å². The first-order valence-corrected chi connectivity index (χ1v) is 24.7. The molecular formula is C59H66O13. The first-order valence-electron chi connectivity index (χ1n) is 24.7. The number of fused-ring (bicyclic) bond motifs is 1. The van der Waals surface area contributed by atoms with Gasteiger partial charge in [0.25, 0.3) is 0 Å². The minimum absolute atomic E-state index is 0.286. The fraction of sp³-hybridized carbons (Fsp3) is 0.339. The van der Waals surface area contributed by atoms with Crippen LogP contribution in [0.1, 0.15) is 110 Å². The zero-order valence-corrected chi connectivity index (χ0v) is 41.3. The molecular weight excluding hydrogens is 917 g/mol. The molecule has 0 aliphatic carbocycles. The number of ether oxygens (including phenoxy) is 8. The van der Waals surface area contributed by atoms with Crippen LogP contribution in [0.15, 0.2) is 135 Å². The average molecular weight is 983 g/mol. The van der Waals surface area contributed by atoms with Gasteiger partial charge in [0, 0.05) is 18.2 Å². The molecule has 0 N–H and O–H groups in total. The fourth-order valence-corrected chi connectivity index (χ4v) is 7.46. The number of benzene rings is 5. The molecule has 5 aromatic rings. The molecule has 0 fully saturated rings. The first kappa shape index (κ1) is 55.3. The summed E-state index contributed by atoms with van der Waals surface area (Å²) in [6.07, 6.45) is 14.5. The van der Waals surface area contributed by atoms with Crippen molar-refractivity contribution in [1.29, 1.82) is 0 Å². The van der Waals surface area contributed by atoms with Crippen LogP contribution in [-0.4, -0.2) is 69.5 Å². The van der Waals surface area contributed by atoms with E-state index in [9.17, 15) is 24.0 Å². The van der Waals surface area contributed by atoms with E-state index in [0.717, 1.165) is 129 Å². The smallest absolute Gasteiger partial charge is 0.343 e. The Kier molecular flexibility index (Phi) is 23.7.